The summed E-state index contributed by atoms with van der Waals surface area (Å²) in [5.41, 5.74) is -1.14. The van der Waals surface area contributed by atoms with Gasteiger partial charge in [-0.25, -0.2) is 0 Å². The van der Waals surface area contributed by atoms with Gasteiger partial charge in [0.05, 0.1) is 25.4 Å². The minimum atomic E-state index is -3.09. The highest BCUT2D eigenvalue weighted by molar-refractivity contribution is 6.88. The SMILES string of the molecule is COC1CC(C2(C3CCO3)CCO2)([Si](C)(O[Si](C)(C)C)C2(C3(C4CCO4)CCO3)CC(OC)O2)O1. The van der Waals surface area contributed by atoms with Gasteiger partial charge in [-0.15, -0.1) is 0 Å². The Hall–Kier alpha value is 0.0738. The van der Waals surface area contributed by atoms with Crippen LogP contribution >= 0.6 is 0 Å². The van der Waals surface area contributed by atoms with Gasteiger partial charge < -0.3 is 42.0 Å². The van der Waals surface area contributed by atoms with Gasteiger partial charge in [-0.2, -0.15) is 0 Å². The molecular formula is C24H42O9Si2. The molecule has 0 N–H and O–H groups in total. The van der Waals surface area contributed by atoms with E-state index in [1.54, 1.807) is 14.2 Å². The van der Waals surface area contributed by atoms with Crippen LogP contribution in [0.1, 0.15) is 38.5 Å². The fourth-order valence-electron chi connectivity index (χ4n) is 7.75. The maximum atomic E-state index is 7.47. The maximum absolute atomic E-state index is 7.47. The molecule has 8 atom stereocenters. The molecule has 6 rings (SSSR count). The molecule has 6 aliphatic rings. The fraction of sp³-hybridized carbons (Fsp3) is 1.00. The molecule has 0 aliphatic carbocycles. The van der Waals surface area contributed by atoms with Crippen LogP contribution in [-0.4, -0.2) is 104 Å². The molecule has 6 saturated heterocycles. The van der Waals surface area contributed by atoms with Crippen molar-refractivity contribution in [1.82, 2.24) is 0 Å². The number of rotatable bonds is 10. The first-order valence-electron chi connectivity index (χ1n) is 13.2. The molecule has 0 amide bonds. The van der Waals surface area contributed by atoms with E-state index >= 15 is 0 Å². The molecule has 6 fully saturated rings. The second kappa shape index (κ2) is 8.28. The first kappa shape index (κ1) is 25.4. The predicted molar refractivity (Wildman–Crippen MR) is 130 cm³/mol. The summed E-state index contributed by atoms with van der Waals surface area (Å²) in [5.74, 6) is 0. The number of hydrogen-bond acceptors (Lipinski definition) is 9. The molecule has 0 bridgehead atoms. The molecule has 8 unspecified atom stereocenters. The average molecular weight is 531 g/mol. The normalized spacial score (nSPS) is 50.9. The van der Waals surface area contributed by atoms with E-state index in [0.29, 0.717) is 26.1 Å². The minimum Gasteiger partial charge on any atom is -0.452 e. The fourth-order valence-corrected chi connectivity index (χ4v) is 18.8. The van der Waals surface area contributed by atoms with Crippen molar-refractivity contribution in [2.24, 2.45) is 0 Å². The van der Waals surface area contributed by atoms with E-state index in [-0.39, 0.29) is 24.8 Å². The molecule has 6 heterocycles. The van der Waals surface area contributed by atoms with Gasteiger partial charge in [-0.05, 0) is 39.0 Å². The largest absolute Gasteiger partial charge is 0.452 e. The van der Waals surface area contributed by atoms with Crippen molar-refractivity contribution in [3.8, 4) is 0 Å². The Bertz CT molecular complexity index is 748. The summed E-state index contributed by atoms with van der Waals surface area (Å²) in [6, 6.07) is 0. The molecule has 0 saturated carbocycles. The Morgan fingerprint density at radius 2 is 1.06 bits per heavy atom. The second-order valence-corrected chi connectivity index (χ2v) is 20.9. The third-order valence-corrected chi connectivity index (χ3v) is 18.3. The highest BCUT2D eigenvalue weighted by Crippen LogP contribution is 2.67. The van der Waals surface area contributed by atoms with Gasteiger partial charge in [0.2, 0.25) is 8.32 Å². The van der Waals surface area contributed by atoms with E-state index < -0.39 is 38.3 Å². The molecule has 0 aromatic heterocycles. The first-order chi connectivity index (χ1) is 16.6. The Kier molecular flexibility index (Phi) is 6.00. The monoisotopic (exact) mass is 530 g/mol. The summed E-state index contributed by atoms with van der Waals surface area (Å²) in [7, 11) is -1.78. The van der Waals surface area contributed by atoms with Crippen LogP contribution in [0.3, 0.4) is 0 Å². The van der Waals surface area contributed by atoms with Gasteiger partial charge in [0.25, 0.3) is 0 Å². The zero-order chi connectivity index (χ0) is 24.7. The third-order valence-electron chi connectivity index (χ3n) is 9.62. The van der Waals surface area contributed by atoms with Crippen molar-refractivity contribution in [2.45, 2.75) is 111 Å². The van der Waals surface area contributed by atoms with Crippen LogP contribution in [0.2, 0.25) is 26.2 Å². The summed E-state index contributed by atoms with van der Waals surface area (Å²) in [5, 5.41) is -1.39. The summed E-state index contributed by atoms with van der Waals surface area (Å²) in [4.78, 5) is 0. The first-order valence-corrected chi connectivity index (χ1v) is 19.1. The standard InChI is InChI=1S/C24H42O9Si2/c1-25-19-15-23(31-19,21(9-13-29-21)17-7-11-27-17)35(6,33-34(3,4)5)24(16-20(26-2)32-24)22(10-14-30-22)18-8-12-28-18/h17-20H,7-16H2,1-6H3. The average Bonchev–Trinajstić information content (AvgIpc) is 2.57. The van der Waals surface area contributed by atoms with Crippen molar-refractivity contribution in [3.05, 3.63) is 0 Å². The third kappa shape index (κ3) is 3.12. The lowest BCUT2D eigenvalue weighted by molar-refractivity contribution is -0.411. The van der Waals surface area contributed by atoms with Gasteiger partial charge >= 0.3 is 0 Å². The van der Waals surface area contributed by atoms with Crippen LogP contribution in [0.15, 0.2) is 0 Å². The van der Waals surface area contributed by atoms with Crippen LogP contribution in [0, 0.1) is 0 Å². The summed E-state index contributed by atoms with van der Waals surface area (Å²) in [6.45, 7) is 12.0. The second-order valence-electron chi connectivity index (χ2n) is 12.1. The van der Waals surface area contributed by atoms with E-state index in [9.17, 15) is 0 Å². The summed E-state index contributed by atoms with van der Waals surface area (Å²) in [6.07, 6.45) is 4.43. The van der Waals surface area contributed by atoms with E-state index in [2.05, 4.69) is 26.2 Å². The Morgan fingerprint density at radius 1 is 0.686 bits per heavy atom. The van der Waals surface area contributed by atoms with Crippen molar-refractivity contribution < 1.29 is 42.0 Å². The highest BCUT2D eigenvalue weighted by Gasteiger charge is 2.88. The van der Waals surface area contributed by atoms with Crippen molar-refractivity contribution in [3.63, 3.8) is 0 Å². The van der Waals surface area contributed by atoms with Crippen LogP contribution in [0.5, 0.6) is 0 Å². The van der Waals surface area contributed by atoms with E-state index in [0.717, 1.165) is 38.9 Å². The molecule has 0 spiro atoms. The zero-order valence-electron chi connectivity index (χ0n) is 22.1. The lowest BCUT2D eigenvalue weighted by Gasteiger charge is -2.76. The Morgan fingerprint density at radius 3 is 1.26 bits per heavy atom. The van der Waals surface area contributed by atoms with Gasteiger partial charge in [0.15, 0.2) is 20.9 Å². The van der Waals surface area contributed by atoms with Gasteiger partial charge in [0.1, 0.15) is 21.7 Å². The van der Waals surface area contributed by atoms with Crippen LogP contribution in [0.4, 0.5) is 0 Å². The number of methoxy groups -OCH3 is 2. The van der Waals surface area contributed by atoms with E-state index in [1.165, 1.54) is 0 Å². The topological polar surface area (TPSA) is 83.1 Å². The Balaban J connectivity index is 1.52. The molecule has 0 aromatic carbocycles. The molecule has 0 aromatic rings. The lowest BCUT2D eigenvalue weighted by atomic mass is 9.74. The van der Waals surface area contributed by atoms with E-state index in [1.807, 2.05) is 0 Å². The van der Waals surface area contributed by atoms with Crippen molar-refractivity contribution in [1.29, 1.82) is 0 Å². The van der Waals surface area contributed by atoms with Gasteiger partial charge in [-0.1, -0.05) is 0 Å². The quantitative estimate of drug-likeness (QED) is 0.396. The van der Waals surface area contributed by atoms with Gasteiger partial charge in [0, 0.05) is 53.1 Å². The number of ether oxygens (including phenoxy) is 8. The maximum Gasteiger partial charge on any atom is 0.249 e. The molecule has 6 aliphatic heterocycles. The molecule has 200 valence electrons. The molecule has 11 heteroatoms. The van der Waals surface area contributed by atoms with Crippen LogP contribution < -0.4 is 0 Å². The summed E-state index contributed by atoms with van der Waals surface area (Å²) >= 11 is 0. The van der Waals surface area contributed by atoms with Gasteiger partial charge in [-0.3, -0.25) is 0 Å². The predicted octanol–water partition coefficient (Wildman–Crippen LogP) is 2.65. The molecule has 9 nitrogen and oxygen atoms in total. The van der Waals surface area contributed by atoms with Crippen molar-refractivity contribution in [2.75, 3.05) is 40.6 Å². The van der Waals surface area contributed by atoms with Crippen LogP contribution in [0.25, 0.3) is 0 Å². The highest BCUT2D eigenvalue weighted by atomic mass is 28.4. The molecular weight excluding hydrogens is 488 g/mol. The van der Waals surface area contributed by atoms with Crippen LogP contribution in [-0.2, 0) is 42.0 Å². The molecule has 35 heavy (non-hydrogen) atoms. The molecule has 0 radical (unpaired) electrons. The number of hydrogen-bond donors (Lipinski definition) is 0. The Labute approximate surface area is 210 Å². The smallest absolute Gasteiger partial charge is 0.249 e. The van der Waals surface area contributed by atoms with E-state index in [4.69, 9.17) is 42.0 Å². The summed E-state index contributed by atoms with van der Waals surface area (Å²) < 4.78 is 58.1. The lowest BCUT2D eigenvalue weighted by Crippen LogP contribution is -2.96. The van der Waals surface area contributed by atoms with Crippen molar-refractivity contribution >= 4 is 16.6 Å². The minimum absolute atomic E-state index is 0.0142. The zero-order valence-corrected chi connectivity index (χ0v) is 24.1.